The Kier molecular flexibility index (Phi) is 10.3. The van der Waals surface area contributed by atoms with Crippen molar-refractivity contribution in [3.05, 3.63) is 100 Å². The second kappa shape index (κ2) is 14.1. The van der Waals surface area contributed by atoms with Crippen molar-refractivity contribution in [3.8, 4) is 28.7 Å². The highest BCUT2D eigenvalue weighted by molar-refractivity contribution is 5.86. The number of rotatable bonds is 9. The summed E-state index contributed by atoms with van der Waals surface area (Å²) in [6, 6.07) is 7.47. The van der Waals surface area contributed by atoms with Gasteiger partial charge in [0.15, 0.2) is 6.29 Å². The summed E-state index contributed by atoms with van der Waals surface area (Å²) in [5.74, 6) is -5.97. The molecule has 0 spiro atoms. The Balaban J connectivity index is 1.34. The van der Waals surface area contributed by atoms with Crippen molar-refractivity contribution in [2.24, 2.45) is 5.92 Å². The molecular weight excluding hydrogens is 658 g/mol. The lowest BCUT2D eigenvalue weighted by atomic mass is 9.99. The summed E-state index contributed by atoms with van der Waals surface area (Å²) in [6.45, 7) is 2.93. The average Bonchev–Trinajstić information content (AvgIpc) is 3.00. The zero-order valence-electron chi connectivity index (χ0n) is 25.1. The molecule has 1 aliphatic heterocycles. The van der Waals surface area contributed by atoms with Crippen LogP contribution in [0.15, 0.2) is 54.6 Å². The molecule has 1 heterocycles. The molecule has 1 saturated heterocycles. The monoisotopic (exact) mass is 684 g/mol. The molecule has 1 aliphatic rings. The van der Waals surface area contributed by atoms with Crippen molar-refractivity contribution in [2.75, 3.05) is 13.2 Å². The highest BCUT2D eigenvalue weighted by Crippen LogP contribution is 2.39. The van der Waals surface area contributed by atoms with E-state index >= 15 is 22.0 Å². The zero-order chi connectivity index (χ0) is 34.8. The van der Waals surface area contributed by atoms with E-state index in [1.807, 2.05) is 0 Å². The number of benzene rings is 4. The zero-order valence-corrected chi connectivity index (χ0v) is 25.1. The first-order valence-electron chi connectivity index (χ1n) is 14.8. The molecule has 0 atom stereocenters. The van der Waals surface area contributed by atoms with Gasteiger partial charge in [0.2, 0.25) is 0 Å². The van der Waals surface area contributed by atoms with Gasteiger partial charge in [0.1, 0.15) is 40.4 Å². The molecule has 4 aromatic rings. The van der Waals surface area contributed by atoms with Gasteiger partial charge < -0.3 is 14.2 Å². The molecule has 3 nitrogen and oxygen atoms in total. The summed E-state index contributed by atoms with van der Waals surface area (Å²) in [6.07, 6.45) is -6.43. The third-order valence-electron chi connectivity index (χ3n) is 7.67. The predicted octanol–water partition coefficient (Wildman–Crippen LogP) is 10.5. The van der Waals surface area contributed by atoms with Crippen molar-refractivity contribution in [1.82, 2.24) is 0 Å². The normalized spacial score (nSPS) is 16.9. The van der Waals surface area contributed by atoms with Crippen LogP contribution in [0.3, 0.4) is 0 Å². The molecule has 0 aromatic heterocycles. The van der Waals surface area contributed by atoms with Gasteiger partial charge in [-0.2, -0.15) is 22.0 Å². The van der Waals surface area contributed by atoms with Crippen LogP contribution in [-0.2, 0) is 15.6 Å². The molecular formula is C35H26F10O3. The third-order valence-corrected chi connectivity index (χ3v) is 7.67. The minimum atomic E-state index is -5.03. The van der Waals surface area contributed by atoms with Crippen molar-refractivity contribution in [1.29, 1.82) is 0 Å². The van der Waals surface area contributed by atoms with Crippen LogP contribution in [0.2, 0.25) is 0 Å². The molecule has 0 unspecified atom stereocenters. The van der Waals surface area contributed by atoms with E-state index in [0.717, 1.165) is 49.8 Å². The van der Waals surface area contributed by atoms with Crippen molar-refractivity contribution in [3.63, 3.8) is 0 Å². The van der Waals surface area contributed by atoms with Gasteiger partial charge in [-0.05, 0) is 59.8 Å². The number of hydrogen-bond donors (Lipinski definition) is 0. The largest absolute Gasteiger partial charge is 0.458 e. The van der Waals surface area contributed by atoms with Crippen LogP contribution in [0.5, 0.6) is 5.75 Å². The van der Waals surface area contributed by atoms with Crippen LogP contribution >= 0.6 is 0 Å². The molecule has 48 heavy (non-hydrogen) atoms. The van der Waals surface area contributed by atoms with E-state index in [1.165, 1.54) is 18.1 Å². The van der Waals surface area contributed by atoms with Crippen LogP contribution in [-0.4, -0.2) is 19.4 Å². The maximum atomic E-state index is 15.1. The van der Waals surface area contributed by atoms with Gasteiger partial charge in [-0.15, -0.1) is 0 Å². The lowest BCUT2D eigenvalue weighted by molar-refractivity contribution is -0.206. The molecule has 5 rings (SSSR count). The Morgan fingerprint density at radius 1 is 0.792 bits per heavy atom. The number of halogens is 10. The number of ether oxygens (including phenoxy) is 3. The quantitative estimate of drug-likeness (QED) is 0.0998. The Labute approximate surface area is 268 Å². The summed E-state index contributed by atoms with van der Waals surface area (Å²) in [7, 11) is 0. The van der Waals surface area contributed by atoms with Gasteiger partial charge in [-0.1, -0.05) is 44.2 Å². The van der Waals surface area contributed by atoms with Gasteiger partial charge in [0, 0.05) is 28.4 Å². The molecule has 0 aliphatic carbocycles. The summed E-state index contributed by atoms with van der Waals surface area (Å²) >= 11 is 0. The highest BCUT2D eigenvalue weighted by Gasteiger charge is 2.41. The molecule has 4 aromatic carbocycles. The van der Waals surface area contributed by atoms with Crippen LogP contribution in [0.1, 0.15) is 55.6 Å². The first-order chi connectivity index (χ1) is 22.7. The Morgan fingerprint density at radius 3 is 2.10 bits per heavy atom. The van der Waals surface area contributed by atoms with Crippen LogP contribution in [0.25, 0.3) is 21.9 Å². The number of alkyl halides is 5. The molecule has 0 saturated carbocycles. The van der Waals surface area contributed by atoms with Crippen molar-refractivity contribution < 1.29 is 58.1 Å². The smallest absolute Gasteiger partial charge is 0.429 e. The maximum absolute atomic E-state index is 15.1. The topological polar surface area (TPSA) is 27.7 Å². The minimum absolute atomic E-state index is 0.207. The Hall–Kier alpha value is -4.28. The van der Waals surface area contributed by atoms with Crippen LogP contribution in [0.4, 0.5) is 43.9 Å². The van der Waals surface area contributed by atoms with E-state index in [0.29, 0.717) is 43.0 Å². The van der Waals surface area contributed by atoms with E-state index in [1.54, 1.807) is 0 Å². The fraction of sp³-hybridized carbons (Fsp3) is 0.314. The van der Waals surface area contributed by atoms with E-state index in [2.05, 4.69) is 11.7 Å². The third kappa shape index (κ3) is 7.88. The Bertz CT molecular complexity index is 1850. The van der Waals surface area contributed by atoms with E-state index in [9.17, 15) is 22.0 Å². The first-order valence-corrected chi connectivity index (χ1v) is 14.8. The van der Waals surface area contributed by atoms with Crippen molar-refractivity contribution in [2.45, 2.75) is 51.2 Å². The number of hydrogen-bond acceptors (Lipinski definition) is 3. The second-order valence-corrected chi connectivity index (χ2v) is 11.2. The second-order valence-electron chi connectivity index (χ2n) is 11.2. The van der Waals surface area contributed by atoms with E-state index in [-0.39, 0.29) is 11.5 Å². The summed E-state index contributed by atoms with van der Waals surface area (Å²) in [5.41, 5.74) is -3.39. The van der Waals surface area contributed by atoms with Crippen LogP contribution in [0, 0.1) is 46.8 Å². The van der Waals surface area contributed by atoms with Gasteiger partial charge >= 0.3 is 12.3 Å². The van der Waals surface area contributed by atoms with Gasteiger partial charge in [-0.3, -0.25) is 0 Å². The van der Waals surface area contributed by atoms with Gasteiger partial charge in [-0.25, -0.2) is 22.0 Å². The van der Waals surface area contributed by atoms with Gasteiger partial charge in [0.25, 0.3) is 0 Å². The predicted molar refractivity (Wildman–Crippen MR) is 155 cm³/mol. The lowest BCUT2D eigenvalue weighted by Crippen LogP contribution is -2.27. The minimum Gasteiger partial charge on any atom is -0.429 e. The average molecular weight is 685 g/mol. The summed E-state index contributed by atoms with van der Waals surface area (Å²) < 4.78 is 158. The number of fused-ring (bicyclic) bond motifs is 1. The summed E-state index contributed by atoms with van der Waals surface area (Å²) in [5, 5.41) is -0.900. The molecule has 13 heteroatoms. The maximum Gasteiger partial charge on any atom is 0.458 e. The Morgan fingerprint density at radius 2 is 1.48 bits per heavy atom. The van der Waals surface area contributed by atoms with Crippen LogP contribution < -0.4 is 4.74 Å². The van der Waals surface area contributed by atoms with Gasteiger partial charge in [0.05, 0.1) is 18.8 Å². The SMILES string of the molecule is CCCCCC1COC(c2ccc(-c3cc(F)c(C(F)(F)Oc4ccc5c(F)c(C#CC(F)(F)F)c(F)cc5c4)c(F)c3)c(F)c2)OC1. The van der Waals surface area contributed by atoms with E-state index in [4.69, 9.17) is 9.47 Å². The first kappa shape index (κ1) is 35.0. The van der Waals surface area contributed by atoms with E-state index < -0.39 is 80.9 Å². The van der Waals surface area contributed by atoms with Crippen molar-refractivity contribution >= 4 is 10.8 Å². The fourth-order valence-electron chi connectivity index (χ4n) is 5.32. The molecule has 0 amide bonds. The lowest BCUT2D eigenvalue weighted by Gasteiger charge is -2.29. The molecule has 0 N–H and O–H groups in total. The molecule has 0 radical (unpaired) electrons. The molecule has 254 valence electrons. The number of unbranched alkanes of at least 4 members (excludes halogenated alkanes) is 2. The molecule has 1 fully saturated rings. The highest BCUT2D eigenvalue weighted by atomic mass is 19.4. The summed E-state index contributed by atoms with van der Waals surface area (Å²) in [4.78, 5) is 0. The molecule has 0 bridgehead atoms. The standard InChI is InChI=1S/C35H26F10O3/c1-2-3-4-5-19-17-46-33(47-18-19)20-6-8-24(27(36)13-20)22-15-29(38)31(30(39)16-22)35(44,45)48-23-7-9-25-21(12-23)14-28(37)26(32(25)40)10-11-34(41,42)43/h6-9,12-16,19,33H,2-5,17-18H2,1H3. The fourth-order valence-corrected chi connectivity index (χ4v) is 5.32.